The summed E-state index contributed by atoms with van der Waals surface area (Å²) in [6.07, 6.45) is 16.5. The molecule has 1 unspecified atom stereocenters. The van der Waals surface area contributed by atoms with Crippen LogP contribution in [0.15, 0.2) is 0 Å². The van der Waals surface area contributed by atoms with Crippen LogP contribution in [0.2, 0.25) is 0 Å². The normalized spacial score (nSPS) is 24.8. The van der Waals surface area contributed by atoms with Gasteiger partial charge in [-0.1, -0.05) is 72.1 Å². The van der Waals surface area contributed by atoms with Crippen LogP contribution in [-0.4, -0.2) is 0 Å². The highest BCUT2D eigenvalue weighted by Crippen LogP contribution is 2.45. The summed E-state index contributed by atoms with van der Waals surface area (Å²) < 4.78 is 0. The predicted octanol–water partition coefficient (Wildman–Crippen LogP) is 6.40. The van der Waals surface area contributed by atoms with Crippen LogP contribution in [0.3, 0.4) is 0 Å². The minimum atomic E-state index is 0. The molecule has 2 saturated carbocycles. The number of hydrogen-bond donors (Lipinski definition) is 0. The van der Waals surface area contributed by atoms with E-state index in [0.29, 0.717) is 5.41 Å². The summed E-state index contributed by atoms with van der Waals surface area (Å²) in [6, 6.07) is 0. The molecular weight excluding hydrogens is 228 g/mol. The fraction of sp³-hybridized carbons (Fsp3) is 0.947. The van der Waals surface area contributed by atoms with E-state index in [2.05, 4.69) is 20.8 Å². The molecule has 0 spiro atoms. The van der Waals surface area contributed by atoms with Crippen molar-refractivity contribution in [2.24, 2.45) is 23.2 Å². The first kappa shape index (κ1) is 17.1. The van der Waals surface area contributed by atoms with E-state index in [4.69, 9.17) is 0 Å². The van der Waals surface area contributed by atoms with Crippen LogP contribution in [0.5, 0.6) is 0 Å². The number of rotatable bonds is 4. The van der Waals surface area contributed by atoms with Crippen LogP contribution in [0, 0.1) is 30.6 Å². The molecule has 19 heavy (non-hydrogen) atoms. The molecule has 0 heterocycles. The van der Waals surface area contributed by atoms with E-state index in [1.54, 1.807) is 0 Å². The Labute approximate surface area is 122 Å². The lowest BCUT2D eigenvalue weighted by Gasteiger charge is -2.41. The molecule has 2 aliphatic rings. The summed E-state index contributed by atoms with van der Waals surface area (Å²) in [5.74, 6) is 3.01. The Balaban J connectivity index is 0.00000180. The summed E-state index contributed by atoms with van der Waals surface area (Å²) >= 11 is 0. The molecule has 111 valence electrons. The second-order valence-electron chi connectivity index (χ2n) is 7.90. The van der Waals surface area contributed by atoms with Crippen molar-refractivity contribution in [1.29, 1.82) is 0 Å². The highest BCUT2D eigenvalue weighted by atomic mass is 14.4. The van der Waals surface area contributed by atoms with Crippen LogP contribution in [-0.2, 0) is 0 Å². The van der Waals surface area contributed by atoms with Gasteiger partial charge in [-0.2, -0.15) is 0 Å². The SMILES string of the molecule is CC(CC(C)(C)C1CCCCC1)C1CCCCC1.[CH]. The van der Waals surface area contributed by atoms with E-state index in [1.165, 1.54) is 70.6 Å². The molecule has 2 aliphatic carbocycles. The van der Waals surface area contributed by atoms with Gasteiger partial charge in [0.2, 0.25) is 0 Å². The predicted molar refractivity (Wildman–Crippen MR) is 85.0 cm³/mol. The van der Waals surface area contributed by atoms with Gasteiger partial charge < -0.3 is 0 Å². The van der Waals surface area contributed by atoms with Crippen LogP contribution in [0.1, 0.15) is 91.4 Å². The fourth-order valence-electron chi connectivity index (χ4n) is 4.75. The lowest BCUT2D eigenvalue weighted by molar-refractivity contribution is 0.0996. The second-order valence-corrected chi connectivity index (χ2v) is 7.90. The van der Waals surface area contributed by atoms with Gasteiger partial charge >= 0.3 is 0 Å². The highest BCUT2D eigenvalue weighted by molar-refractivity contribution is 4.84. The zero-order valence-electron chi connectivity index (χ0n) is 13.6. The largest absolute Gasteiger partial charge is 0.0622 e. The van der Waals surface area contributed by atoms with Crippen molar-refractivity contribution in [2.75, 3.05) is 0 Å². The molecule has 0 heteroatoms. The molecule has 0 bridgehead atoms. The average Bonchev–Trinajstić information content (AvgIpc) is 2.40. The summed E-state index contributed by atoms with van der Waals surface area (Å²) in [6.45, 7) is 7.66. The topological polar surface area (TPSA) is 0 Å². The Kier molecular flexibility index (Phi) is 6.91. The Morgan fingerprint density at radius 2 is 1.32 bits per heavy atom. The first-order valence-corrected chi connectivity index (χ1v) is 8.59. The monoisotopic (exact) mass is 263 g/mol. The Morgan fingerprint density at radius 1 is 0.842 bits per heavy atom. The van der Waals surface area contributed by atoms with Gasteiger partial charge in [0.25, 0.3) is 0 Å². The van der Waals surface area contributed by atoms with Crippen LogP contribution < -0.4 is 0 Å². The van der Waals surface area contributed by atoms with Crippen LogP contribution in [0.4, 0.5) is 0 Å². The van der Waals surface area contributed by atoms with Crippen molar-refractivity contribution in [2.45, 2.75) is 91.4 Å². The maximum atomic E-state index is 2.56. The quantitative estimate of drug-likeness (QED) is 0.550. The third-order valence-electron chi connectivity index (χ3n) is 6.01. The molecule has 0 saturated heterocycles. The number of hydrogen-bond acceptors (Lipinski definition) is 0. The molecule has 0 nitrogen and oxygen atoms in total. The van der Waals surface area contributed by atoms with E-state index in [-0.39, 0.29) is 7.43 Å². The summed E-state index contributed by atoms with van der Waals surface area (Å²) in [5.41, 5.74) is 0.595. The smallest absolute Gasteiger partial charge is 0.0312 e. The van der Waals surface area contributed by atoms with Crippen molar-refractivity contribution in [3.8, 4) is 0 Å². The molecule has 1 atom stereocenters. The maximum absolute atomic E-state index is 2.56. The first-order chi connectivity index (χ1) is 8.59. The average molecular weight is 263 g/mol. The van der Waals surface area contributed by atoms with E-state index in [1.807, 2.05) is 0 Å². The lowest BCUT2D eigenvalue weighted by Crippen LogP contribution is -2.30. The Morgan fingerprint density at radius 3 is 1.84 bits per heavy atom. The molecule has 3 radical (unpaired) electrons. The molecule has 0 aromatic heterocycles. The molecule has 0 aromatic rings. The van der Waals surface area contributed by atoms with E-state index >= 15 is 0 Å². The molecular formula is C19H35. The third kappa shape index (κ3) is 4.80. The maximum Gasteiger partial charge on any atom is -0.0312 e. The fourth-order valence-corrected chi connectivity index (χ4v) is 4.75. The van der Waals surface area contributed by atoms with Crippen LogP contribution >= 0.6 is 0 Å². The van der Waals surface area contributed by atoms with E-state index in [9.17, 15) is 0 Å². The molecule has 0 aliphatic heterocycles. The Bertz CT molecular complexity index is 228. The van der Waals surface area contributed by atoms with Gasteiger partial charge in [0.15, 0.2) is 0 Å². The van der Waals surface area contributed by atoms with Gasteiger partial charge in [-0.25, -0.2) is 0 Å². The molecule has 0 amide bonds. The van der Waals surface area contributed by atoms with Gasteiger partial charge in [-0.3, -0.25) is 0 Å². The van der Waals surface area contributed by atoms with Gasteiger partial charge in [-0.15, -0.1) is 0 Å². The first-order valence-electron chi connectivity index (χ1n) is 8.59. The van der Waals surface area contributed by atoms with E-state index in [0.717, 1.165) is 17.8 Å². The molecule has 2 fully saturated rings. The van der Waals surface area contributed by atoms with Gasteiger partial charge in [0, 0.05) is 0 Å². The second kappa shape index (κ2) is 7.70. The molecule has 0 aromatic carbocycles. The van der Waals surface area contributed by atoms with Crippen LogP contribution in [0.25, 0.3) is 0 Å². The van der Waals surface area contributed by atoms with Crippen molar-refractivity contribution in [3.63, 3.8) is 0 Å². The lowest BCUT2D eigenvalue weighted by atomic mass is 9.65. The zero-order valence-corrected chi connectivity index (χ0v) is 13.6. The minimum Gasteiger partial charge on any atom is -0.0622 e. The highest BCUT2D eigenvalue weighted by Gasteiger charge is 2.33. The standard InChI is InChI=1S/C18H34.CH/c1-15(16-10-6-4-7-11-16)14-18(2,3)17-12-8-5-9-13-17;/h15-17H,4-14H2,1-3H3;1H. The molecule has 0 N–H and O–H groups in total. The van der Waals surface area contributed by atoms with Crippen molar-refractivity contribution < 1.29 is 0 Å². The van der Waals surface area contributed by atoms with Gasteiger partial charge in [0.05, 0.1) is 0 Å². The molecule has 2 rings (SSSR count). The summed E-state index contributed by atoms with van der Waals surface area (Å²) in [7, 11) is 0. The third-order valence-corrected chi connectivity index (χ3v) is 6.01. The Hall–Kier alpha value is 0. The van der Waals surface area contributed by atoms with Crippen molar-refractivity contribution in [3.05, 3.63) is 7.43 Å². The van der Waals surface area contributed by atoms with Crippen molar-refractivity contribution in [1.82, 2.24) is 0 Å². The van der Waals surface area contributed by atoms with Gasteiger partial charge in [0.1, 0.15) is 0 Å². The minimum absolute atomic E-state index is 0. The van der Waals surface area contributed by atoms with E-state index < -0.39 is 0 Å². The van der Waals surface area contributed by atoms with Crippen molar-refractivity contribution >= 4 is 0 Å². The summed E-state index contributed by atoms with van der Waals surface area (Å²) in [4.78, 5) is 0. The summed E-state index contributed by atoms with van der Waals surface area (Å²) in [5, 5.41) is 0. The van der Waals surface area contributed by atoms with Gasteiger partial charge in [-0.05, 0) is 49.9 Å². The zero-order chi connectivity index (χ0) is 13.0.